The van der Waals surface area contributed by atoms with Gasteiger partial charge in [-0.05, 0) is 76.6 Å². The number of methoxy groups -OCH3 is 1. The second-order valence-corrected chi connectivity index (χ2v) is 13.0. The molecule has 258 valence electrons. The number of anilines is 5. The lowest BCUT2D eigenvalue weighted by atomic mass is 9.97. The van der Waals surface area contributed by atoms with Crippen LogP contribution in [-0.4, -0.2) is 91.7 Å². The van der Waals surface area contributed by atoms with Gasteiger partial charge in [-0.25, -0.2) is 23.8 Å². The standard InChI is InChI=1S/C35H46F2N8O3/c1-5-35(46)41-28-19-29(32(47-4)20-31(28)44-13-8-27(9-14-44)43-11-6-26(7-12-43)42(2)3)40-33-21-34(39-22-38-33)45-30(10-15-48-45)23-16-24(36)18-25(37)17-23/h16-22,26-27,30H,5-15H2,1-4H3,(H,41,46)(H,38,39,40)/t30-/m1/s1. The maximum Gasteiger partial charge on any atom is 0.224 e. The topological polar surface area (TPSA) is 98.3 Å². The minimum Gasteiger partial charge on any atom is -0.494 e. The van der Waals surface area contributed by atoms with Gasteiger partial charge in [-0.3, -0.25) is 9.63 Å². The van der Waals surface area contributed by atoms with Gasteiger partial charge < -0.3 is 30.1 Å². The Morgan fingerprint density at radius 3 is 2.35 bits per heavy atom. The van der Waals surface area contributed by atoms with Crippen molar-refractivity contribution < 1.29 is 23.1 Å². The summed E-state index contributed by atoms with van der Waals surface area (Å²) in [4.78, 5) is 34.6. The second-order valence-electron chi connectivity index (χ2n) is 13.0. The summed E-state index contributed by atoms with van der Waals surface area (Å²) < 4.78 is 33.9. The van der Waals surface area contributed by atoms with E-state index < -0.39 is 17.7 Å². The van der Waals surface area contributed by atoms with E-state index >= 15 is 0 Å². The number of halogens is 2. The third kappa shape index (κ3) is 7.63. The Bertz CT molecular complexity index is 1560. The fourth-order valence-corrected chi connectivity index (χ4v) is 7.11. The number of ether oxygens (including phenoxy) is 1. The zero-order valence-electron chi connectivity index (χ0n) is 28.2. The highest BCUT2D eigenvalue weighted by Gasteiger charge is 2.32. The van der Waals surface area contributed by atoms with Crippen molar-refractivity contribution in [3.05, 3.63) is 59.9 Å². The number of carbonyl (C=O) groups excluding carboxylic acids is 1. The molecule has 0 unspecified atom stereocenters. The van der Waals surface area contributed by atoms with E-state index in [0.717, 1.165) is 50.8 Å². The molecule has 48 heavy (non-hydrogen) atoms. The van der Waals surface area contributed by atoms with Crippen molar-refractivity contribution in [2.24, 2.45) is 0 Å². The number of hydrogen-bond donors (Lipinski definition) is 2. The highest BCUT2D eigenvalue weighted by Crippen LogP contribution is 2.41. The molecule has 4 heterocycles. The van der Waals surface area contributed by atoms with Gasteiger partial charge in [0, 0.05) is 56.2 Å². The highest BCUT2D eigenvalue weighted by molar-refractivity contribution is 5.96. The van der Waals surface area contributed by atoms with Crippen molar-refractivity contribution >= 4 is 34.6 Å². The number of nitrogens with zero attached hydrogens (tertiary/aromatic N) is 6. The number of aromatic nitrogens is 2. The molecule has 2 N–H and O–H groups in total. The molecule has 13 heteroatoms. The SMILES string of the molecule is CCC(=O)Nc1cc(Nc2cc(N3OCC[C@@H]3c3cc(F)cc(F)c3)ncn2)c(OC)cc1N1CCC(N2CCC(N(C)C)CC2)CC1. The molecule has 6 rings (SSSR count). The zero-order valence-corrected chi connectivity index (χ0v) is 28.2. The van der Waals surface area contributed by atoms with Crippen molar-refractivity contribution in [3.8, 4) is 5.75 Å². The lowest BCUT2D eigenvalue weighted by Gasteiger charge is -2.43. The lowest BCUT2D eigenvalue weighted by Crippen LogP contribution is -2.50. The quantitative estimate of drug-likeness (QED) is 0.280. The van der Waals surface area contributed by atoms with Crippen LogP contribution in [0.3, 0.4) is 0 Å². The third-order valence-electron chi connectivity index (χ3n) is 9.78. The molecule has 3 aromatic rings. The van der Waals surface area contributed by atoms with Crippen molar-refractivity contribution in [3.63, 3.8) is 0 Å². The Kier molecular flexibility index (Phi) is 10.6. The normalized spacial score (nSPS) is 19.6. The Hall–Kier alpha value is -4.07. The molecule has 0 bridgehead atoms. The molecule has 0 spiro atoms. The molecule has 3 saturated heterocycles. The van der Waals surface area contributed by atoms with Crippen molar-refractivity contribution in [2.75, 3.05) is 74.6 Å². The van der Waals surface area contributed by atoms with Crippen molar-refractivity contribution in [1.29, 1.82) is 0 Å². The Balaban J connectivity index is 1.20. The molecule has 3 fully saturated rings. The summed E-state index contributed by atoms with van der Waals surface area (Å²) >= 11 is 0. The van der Waals surface area contributed by atoms with Crippen LogP contribution in [0.5, 0.6) is 5.75 Å². The first-order chi connectivity index (χ1) is 23.2. The summed E-state index contributed by atoms with van der Waals surface area (Å²) in [6, 6.07) is 9.83. The highest BCUT2D eigenvalue weighted by atomic mass is 19.1. The molecule has 3 aliphatic rings. The van der Waals surface area contributed by atoms with Crippen LogP contribution in [-0.2, 0) is 9.63 Å². The number of rotatable bonds is 10. The van der Waals surface area contributed by atoms with Crippen molar-refractivity contribution in [2.45, 2.75) is 63.6 Å². The minimum atomic E-state index is -0.645. The number of hydrogen-bond acceptors (Lipinski definition) is 10. The number of likely N-dealkylation sites (tertiary alicyclic amines) is 1. The summed E-state index contributed by atoms with van der Waals surface area (Å²) in [5.41, 5.74) is 2.69. The molecule has 1 atom stereocenters. The molecular formula is C35H46F2N8O3. The first-order valence-electron chi connectivity index (χ1n) is 16.9. The summed E-state index contributed by atoms with van der Waals surface area (Å²) in [5, 5.41) is 7.98. The molecule has 0 saturated carbocycles. The van der Waals surface area contributed by atoms with E-state index in [2.05, 4.69) is 49.4 Å². The average Bonchev–Trinajstić information content (AvgIpc) is 3.59. The predicted molar refractivity (Wildman–Crippen MR) is 183 cm³/mol. The summed E-state index contributed by atoms with van der Waals surface area (Å²) in [7, 11) is 5.96. The largest absolute Gasteiger partial charge is 0.494 e. The molecule has 11 nitrogen and oxygen atoms in total. The monoisotopic (exact) mass is 664 g/mol. The number of hydroxylamine groups is 1. The summed E-state index contributed by atoms with van der Waals surface area (Å²) in [6.45, 7) is 6.24. The van der Waals surface area contributed by atoms with Gasteiger partial charge in [-0.15, -0.1) is 0 Å². The molecule has 0 radical (unpaired) electrons. The zero-order chi connectivity index (χ0) is 33.8. The summed E-state index contributed by atoms with van der Waals surface area (Å²) in [6.07, 6.45) is 6.81. The Morgan fingerprint density at radius 1 is 0.958 bits per heavy atom. The van der Waals surface area contributed by atoms with E-state index in [1.165, 1.54) is 31.3 Å². The predicted octanol–water partition coefficient (Wildman–Crippen LogP) is 5.73. The third-order valence-corrected chi connectivity index (χ3v) is 9.78. The van der Waals surface area contributed by atoms with Crippen LogP contribution in [0, 0.1) is 11.6 Å². The van der Waals surface area contributed by atoms with Gasteiger partial charge in [0.15, 0.2) is 5.82 Å². The van der Waals surface area contributed by atoms with Crippen LogP contribution in [0.15, 0.2) is 42.7 Å². The summed E-state index contributed by atoms with van der Waals surface area (Å²) in [5.74, 6) is 0.112. The van der Waals surface area contributed by atoms with Gasteiger partial charge in [-0.2, -0.15) is 0 Å². The maximum absolute atomic E-state index is 14.0. The van der Waals surface area contributed by atoms with E-state index in [9.17, 15) is 13.6 Å². The van der Waals surface area contributed by atoms with Crippen LogP contribution in [0.25, 0.3) is 0 Å². The van der Waals surface area contributed by atoms with E-state index in [-0.39, 0.29) is 5.91 Å². The van der Waals surface area contributed by atoms with E-state index in [0.29, 0.717) is 65.9 Å². The molecule has 2 aromatic carbocycles. The van der Waals surface area contributed by atoms with Crippen LogP contribution in [0.2, 0.25) is 0 Å². The molecule has 1 amide bonds. The van der Waals surface area contributed by atoms with Gasteiger partial charge in [0.1, 0.15) is 29.5 Å². The number of nitrogens with one attached hydrogen (secondary N) is 2. The average molecular weight is 665 g/mol. The fraction of sp³-hybridized carbons (Fsp3) is 0.514. The molecular weight excluding hydrogens is 618 g/mol. The fourth-order valence-electron chi connectivity index (χ4n) is 7.11. The molecule has 1 aromatic heterocycles. The smallest absolute Gasteiger partial charge is 0.224 e. The van der Waals surface area contributed by atoms with Crippen LogP contribution in [0.4, 0.5) is 37.5 Å². The maximum atomic E-state index is 14.0. The van der Waals surface area contributed by atoms with Gasteiger partial charge in [0.2, 0.25) is 5.91 Å². The van der Waals surface area contributed by atoms with Gasteiger partial charge >= 0.3 is 0 Å². The number of carbonyl (C=O) groups is 1. The van der Waals surface area contributed by atoms with E-state index in [1.54, 1.807) is 18.2 Å². The van der Waals surface area contributed by atoms with Gasteiger partial charge in [0.05, 0.1) is 36.8 Å². The van der Waals surface area contributed by atoms with Gasteiger partial charge in [0.25, 0.3) is 0 Å². The van der Waals surface area contributed by atoms with Crippen molar-refractivity contribution in [1.82, 2.24) is 19.8 Å². The first kappa shape index (κ1) is 33.8. The lowest BCUT2D eigenvalue weighted by molar-refractivity contribution is -0.115. The minimum absolute atomic E-state index is 0.0821. The number of amides is 1. The van der Waals surface area contributed by atoms with Gasteiger partial charge in [-0.1, -0.05) is 6.92 Å². The molecule has 3 aliphatic heterocycles. The first-order valence-corrected chi connectivity index (χ1v) is 16.9. The Labute approximate surface area is 281 Å². The van der Waals surface area contributed by atoms with E-state index in [1.807, 2.05) is 19.1 Å². The van der Waals surface area contributed by atoms with Crippen LogP contribution < -0.4 is 25.3 Å². The number of piperidine rings is 2. The van der Waals surface area contributed by atoms with Crippen LogP contribution in [0.1, 0.15) is 57.1 Å². The van der Waals surface area contributed by atoms with E-state index in [4.69, 9.17) is 9.57 Å². The molecule has 0 aliphatic carbocycles. The van der Waals surface area contributed by atoms with Crippen LogP contribution >= 0.6 is 0 Å². The number of benzene rings is 2. The second kappa shape index (κ2) is 15.0. The Morgan fingerprint density at radius 2 is 1.69 bits per heavy atom.